The molecule has 5 N–H and O–H groups in total. The van der Waals surface area contributed by atoms with E-state index in [9.17, 15) is 24.3 Å². The van der Waals surface area contributed by atoms with Crippen LogP contribution < -0.4 is 45.0 Å². The quantitative estimate of drug-likeness (QED) is 0.262. The molecule has 2 aromatic rings. The van der Waals surface area contributed by atoms with Crippen LogP contribution in [0.4, 0.5) is 0 Å². The number of aryl methyl sites for hydroxylation is 1. The van der Waals surface area contributed by atoms with Crippen molar-refractivity contribution in [1.29, 1.82) is 0 Å². The number of ether oxygens (including phenoxy) is 5. The Labute approximate surface area is 311 Å². The molecule has 53 heavy (non-hydrogen) atoms. The average molecular weight is 742 g/mol. The zero-order valence-electron chi connectivity index (χ0n) is 31.5. The van der Waals surface area contributed by atoms with E-state index >= 15 is 0 Å². The molecule has 2 aromatic carbocycles. The SMILES string of the molecule is COc1cc2c(cc1CN1CCCCNC(=O)[C@H]([C@@H](C)O)NC(=O)[C@@H](CC(C)C)NC(=O)CCc3ccc(c(OC)c3)OCC(=O)NCCC1)OCO2. The third-order valence-corrected chi connectivity index (χ3v) is 8.99. The van der Waals surface area contributed by atoms with Crippen LogP contribution in [-0.2, 0) is 32.1 Å². The van der Waals surface area contributed by atoms with Crippen molar-refractivity contribution in [3.8, 4) is 28.7 Å². The van der Waals surface area contributed by atoms with Gasteiger partial charge in [-0.2, -0.15) is 0 Å². The fourth-order valence-corrected chi connectivity index (χ4v) is 6.17. The molecular formula is C38H55N5O10. The molecule has 0 radical (unpaired) electrons. The fraction of sp³-hybridized carbons (Fsp3) is 0.579. The summed E-state index contributed by atoms with van der Waals surface area (Å²) in [6.07, 6.45) is 1.64. The van der Waals surface area contributed by atoms with Crippen molar-refractivity contribution < 1.29 is 48.0 Å². The van der Waals surface area contributed by atoms with Crippen LogP contribution in [0.1, 0.15) is 64.0 Å². The Balaban J connectivity index is 1.50. The standard InChI is InChI=1S/C38H55N5O10/c1-24(2)17-28-37(47)42-36(25(3)44)38(48)40-13-6-7-15-43(21-27-19-32-33(53-23-52-32)20-30(27)49-4)16-8-14-39-35(46)22-51-29-11-9-26(18-31(29)50-5)10-12-34(45)41-28/h9,11,18-20,24-25,28,36,44H,6-8,10,12-17,21-23H2,1-5H3,(H,39,46)(H,40,48)(H,41,45)(H,42,47)/t25-,28-,36+/m1/s1. The van der Waals surface area contributed by atoms with Crippen LogP contribution in [0.2, 0.25) is 0 Å². The number of nitrogens with one attached hydrogen (secondary N) is 4. The molecule has 3 aliphatic heterocycles. The Hall–Kier alpha value is -4.76. The van der Waals surface area contributed by atoms with Gasteiger partial charge in [0, 0.05) is 44.2 Å². The number of rotatable bonds is 7. The molecule has 0 spiro atoms. The first kappa shape index (κ1) is 41.0. The van der Waals surface area contributed by atoms with Gasteiger partial charge in [-0.1, -0.05) is 19.9 Å². The van der Waals surface area contributed by atoms with Crippen LogP contribution in [0.3, 0.4) is 0 Å². The number of amides is 4. The number of methoxy groups -OCH3 is 2. The number of hydrogen-bond acceptors (Lipinski definition) is 11. The number of fused-ring (bicyclic) bond motifs is 24. The van der Waals surface area contributed by atoms with E-state index in [1.807, 2.05) is 26.0 Å². The van der Waals surface area contributed by atoms with Crippen molar-refractivity contribution in [3.63, 3.8) is 0 Å². The number of carbonyl (C=O) groups is 4. The molecule has 0 saturated carbocycles. The van der Waals surface area contributed by atoms with E-state index in [0.29, 0.717) is 87.2 Å². The molecule has 2 bridgehead atoms. The first-order chi connectivity index (χ1) is 25.5. The largest absolute Gasteiger partial charge is 0.496 e. The highest BCUT2D eigenvalue weighted by Crippen LogP contribution is 2.38. The summed E-state index contributed by atoms with van der Waals surface area (Å²) in [7, 11) is 3.10. The summed E-state index contributed by atoms with van der Waals surface area (Å²) in [6.45, 7) is 7.88. The van der Waals surface area contributed by atoms with Gasteiger partial charge in [-0.25, -0.2) is 0 Å². The summed E-state index contributed by atoms with van der Waals surface area (Å²) in [4.78, 5) is 54.6. The highest BCUT2D eigenvalue weighted by atomic mass is 16.7. The molecule has 15 nitrogen and oxygen atoms in total. The van der Waals surface area contributed by atoms with E-state index in [2.05, 4.69) is 26.2 Å². The van der Waals surface area contributed by atoms with Gasteiger partial charge in [0.2, 0.25) is 24.5 Å². The molecule has 15 heteroatoms. The number of benzene rings is 2. The van der Waals surface area contributed by atoms with Crippen LogP contribution in [0.5, 0.6) is 28.7 Å². The van der Waals surface area contributed by atoms with Crippen molar-refractivity contribution in [2.75, 3.05) is 53.8 Å². The summed E-state index contributed by atoms with van der Waals surface area (Å²) < 4.78 is 28.0. The number of aliphatic hydroxyl groups is 1. The summed E-state index contributed by atoms with van der Waals surface area (Å²) >= 11 is 0. The second-order valence-electron chi connectivity index (χ2n) is 13.7. The lowest BCUT2D eigenvalue weighted by molar-refractivity contribution is -0.134. The summed E-state index contributed by atoms with van der Waals surface area (Å²) in [5.41, 5.74) is 1.72. The highest BCUT2D eigenvalue weighted by molar-refractivity contribution is 5.92. The molecule has 0 fully saturated rings. The molecule has 5 rings (SSSR count). The first-order valence-electron chi connectivity index (χ1n) is 18.3. The average Bonchev–Trinajstić information content (AvgIpc) is 3.59. The summed E-state index contributed by atoms with van der Waals surface area (Å²) in [5, 5.41) is 21.7. The van der Waals surface area contributed by atoms with Crippen molar-refractivity contribution in [2.24, 2.45) is 5.92 Å². The van der Waals surface area contributed by atoms with Crippen molar-refractivity contribution in [3.05, 3.63) is 41.5 Å². The number of hydrogen-bond donors (Lipinski definition) is 5. The number of carbonyl (C=O) groups excluding carboxylic acids is 4. The van der Waals surface area contributed by atoms with Crippen molar-refractivity contribution >= 4 is 23.6 Å². The van der Waals surface area contributed by atoms with Gasteiger partial charge in [0.15, 0.2) is 29.6 Å². The van der Waals surface area contributed by atoms with E-state index in [0.717, 1.165) is 17.5 Å². The van der Waals surface area contributed by atoms with Gasteiger partial charge in [0.25, 0.3) is 5.91 Å². The lowest BCUT2D eigenvalue weighted by Gasteiger charge is -2.26. The fourth-order valence-electron chi connectivity index (χ4n) is 6.17. The van der Waals surface area contributed by atoms with Gasteiger partial charge >= 0.3 is 0 Å². The smallest absolute Gasteiger partial charge is 0.257 e. The minimum atomic E-state index is -1.20. The predicted molar refractivity (Wildman–Crippen MR) is 196 cm³/mol. The number of nitrogens with zero attached hydrogens (tertiary/aromatic N) is 1. The Morgan fingerprint density at radius 2 is 1.51 bits per heavy atom. The van der Waals surface area contributed by atoms with Crippen molar-refractivity contribution in [1.82, 2.24) is 26.2 Å². The maximum atomic E-state index is 13.4. The van der Waals surface area contributed by atoms with Crippen LogP contribution in [0, 0.1) is 5.92 Å². The van der Waals surface area contributed by atoms with Crippen LogP contribution in [0.25, 0.3) is 0 Å². The van der Waals surface area contributed by atoms with E-state index < -0.39 is 30.0 Å². The molecule has 292 valence electrons. The van der Waals surface area contributed by atoms with Gasteiger partial charge in [-0.15, -0.1) is 0 Å². The molecule has 0 unspecified atom stereocenters. The Kier molecular flexibility index (Phi) is 15.8. The third-order valence-electron chi connectivity index (χ3n) is 8.99. The molecule has 0 aliphatic carbocycles. The zero-order valence-corrected chi connectivity index (χ0v) is 31.5. The lowest BCUT2D eigenvalue weighted by Crippen LogP contribution is -2.57. The Morgan fingerprint density at radius 1 is 0.792 bits per heavy atom. The predicted octanol–water partition coefficient (Wildman–Crippen LogP) is 2.06. The maximum Gasteiger partial charge on any atom is 0.257 e. The second-order valence-corrected chi connectivity index (χ2v) is 13.7. The molecule has 0 saturated heterocycles. The van der Waals surface area contributed by atoms with Crippen molar-refractivity contribution in [2.45, 2.75) is 84.0 Å². The molecule has 3 heterocycles. The monoisotopic (exact) mass is 741 g/mol. The van der Waals surface area contributed by atoms with Crippen LogP contribution in [0.15, 0.2) is 30.3 Å². The third kappa shape index (κ3) is 12.7. The van der Waals surface area contributed by atoms with Crippen LogP contribution >= 0.6 is 0 Å². The summed E-state index contributed by atoms with van der Waals surface area (Å²) in [6, 6.07) is 6.86. The lowest BCUT2D eigenvalue weighted by atomic mass is 10.0. The summed E-state index contributed by atoms with van der Waals surface area (Å²) in [5.74, 6) is 1.16. The second kappa shape index (κ2) is 20.5. The minimum Gasteiger partial charge on any atom is -0.496 e. The van der Waals surface area contributed by atoms with Gasteiger partial charge in [-0.05, 0) is 75.3 Å². The molecule has 3 atom stereocenters. The Morgan fingerprint density at radius 3 is 2.23 bits per heavy atom. The zero-order chi connectivity index (χ0) is 38.3. The normalized spacial score (nSPS) is 20.8. The molecule has 4 amide bonds. The minimum absolute atomic E-state index is 0.0646. The van der Waals surface area contributed by atoms with E-state index in [1.165, 1.54) is 14.0 Å². The van der Waals surface area contributed by atoms with Gasteiger partial charge in [-0.3, -0.25) is 24.1 Å². The number of aliphatic hydroxyl groups excluding tert-OH is 1. The highest BCUT2D eigenvalue weighted by Gasteiger charge is 2.30. The van der Waals surface area contributed by atoms with Gasteiger partial charge in [0.1, 0.15) is 17.8 Å². The Bertz CT molecular complexity index is 1550. The maximum absolute atomic E-state index is 13.4. The van der Waals surface area contributed by atoms with Gasteiger partial charge in [0.05, 0.1) is 20.3 Å². The van der Waals surface area contributed by atoms with E-state index in [1.54, 1.807) is 25.3 Å². The van der Waals surface area contributed by atoms with Crippen LogP contribution in [-0.4, -0.2) is 106 Å². The molecular weight excluding hydrogens is 686 g/mol. The first-order valence-corrected chi connectivity index (χ1v) is 18.3. The van der Waals surface area contributed by atoms with Gasteiger partial charge < -0.3 is 50.1 Å². The molecule has 0 aromatic heterocycles. The van der Waals surface area contributed by atoms with E-state index in [-0.39, 0.29) is 37.6 Å². The van der Waals surface area contributed by atoms with E-state index in [4.69, 9.17) is 23.7 Å². The molecule has 3 aliphatic rings. The topological polar surface area (TPSA) is 186 Å².